The smallest absolute Gasteiger partial charge is 0.348 e. The van der Waals surface area contributed by atoms with Crippen LogP contribution >= 0.6 is 11.3 Å². The molecule has 12 rings (SSSR count). The van der Waals surface area contributed by atoms with Crippen molar-refractivity contribution in [2.24, 2.45) is 39.4 Å². The summed E-state index contributed by atoms with van der Waals surface area (Å²) in [6.07, 6.45) is 44.2. The van der Waals surface area contributed by atoms with Gasteiger partial charge in [0, 0.05) is 25.7 Å². The molecule has 20 nitrogen and oxygen atoms in total. The monoisotopic (exact) mass is 1610 g/mol. The van der Waals surface area contributed by atoms with Crippen LogP contribution in [-0.4, -0.2) is 120 Å². The van der Waals surface area contributed by atoms with Gasteiger partial charge in [-0.1, -0.05) is 113 Å². The summed E-state index contributed by atoms with van der Waals surface area (Å²) in [7, 11) is 0. The molecular formula is C95H122O20S. The molecule has 0 radical (unpaired) electrons. The summed E-state index contributed by atoms with van der Waals surface area (Å²) >= 11 is 1.30. The van der Waals surface area contributed by atoms with Crippen molar-refractivity contribution < 1.29 is 95.4 Å². The summed E-state index contributed by atoms with van der Waals surface area (Å²) in [5.41, 5.74) is 5.46. The zero-order valence-corrected chi connectivity index (χ0v) is 71.0. The summed E-state index contributed by atoms with van der Waals surface area (Å²) < 4.78 is 44.9. The lowest BCUT2D eigenvalue weighted by Crippen LogP contribution is -2.44. The molecule has 0 aromatic carbocycles. The number of thiophene rings is 1. The average Bonchev–Trinajstić information content (AvgIpc) is 1.61. The molecule has 0 N–H and O–H groups in total. The van der Waals surface area contributed by atoms with Crippen molar-refractivity contribution in [3.63, 3.8) is 0 Å². The number of rotatable bonds is 24. The maximum Gasteiger partial charge on any atom is 0.348 e. The Labute approximate surface area is 689 Å². The third kappa shape index (κ3) is 24.6. The van der Waals surface area contributed by atoms with E-state index in [2.05, 4.69) is 79.7 Å². The quantitative estimate of drug-likeness (QED) is 0.0528. The number of cyclic esters (lactones) is 4. The number of carbonyl (C=O) groups is 12. The van der Waals surface area contributed by atoms with Gasteiger partial charge >= 0.3 is 47.8 Å². The minimum absolute atomic E-state index is 0.00560. The third-order valence-corrected chi connectivity index (χ3v) is 24.9. The number of esters is 8. The van der Waals surface area contributed by atoms with Gasteiger partial charge in [-0.3, -0.25) is 52.7 Å². The molecule has 5 heterocycles. The fourth-order valence-corrected chi connectivity index (χ4v) is 17.7. The second-order valence-corrected chi connectivity index (χ2v) is 35.8. The number of ketones is 4. The predicted octanol–water partition coefficient (Wildman–Crippen LogP) is 18.6. The fraction of sp³-hybridized carbons (Fsp3) is 0.579. The van der Waals surface area contributed by atoms with E-state index in [-0.39, 0.29) is 109 Å². The van der Waals surface area contributed by atoms with Crippen molar-refractivity contribution >= 4 is 82.2 Å². The summed E-state index contributed by atoms with van der Waals surface area (Å²) in [5, 5.41) is 1.81. The van der Waals surface area contributed by atoms with Gasteiger partial charge in [0.05, 0.1) is 65.1 Å². The molecule has 628 valence electrons. The first kappa shape index (κ1) is 90.9. The van der Waals surface area contributed by atoms with E-state index in [1.807, 2.05) is 52.0 Å². The van der Waals surface area contributed by atoms with Crippen LogP contribution in [0, 0.1) is 39.4 Å². The van der Waals surface area contributed by atoms with Crippen molar-refractivity contribution in [2.75, 3.05) is 0 Å². The molecule has 3 saturated carbocycles. The molecule has 1 aromatic heterocycles. The molecule has 0 amide bonds. The van der Waals surface area contributed by atoms with Gasteiger partial charge < -0.3 is 37.9 Å². The van der Waals surface area contributed by atoms with E-state index >= 15 is 0 Å². The highest BCUT2D eigenvalue weighted by atomic mass is 32.1. The molecule has 7 aliphatic carbocycles. The van der Waals surface area contributed by atoms with Crippen LogP contribution in [0.15, 0.2) is 159 Å². The van der Waals surface area contributed by atoms with E-state index in [0.29, 0.717) is 24.1 Å². The van der Waals surface area contributed by atoms with Crippen molar-refractivity contribution in [1.29, 1.82) is 0 Å². The summed E-state index contributed by atoms with van der Waals surface area (Å²) in [6, 6.07) is 3.48. The molecule has 21 heteroatoms. The first-order valence-corrected chi connectivity index (χ1v) is 42.9. The maximum absolute atomic E-state index is 12.9. The molecule has 11 aliphatic rings. The molecule has 0 bridgehead atoms. The van der Waals surface area contributed by atoms with Crippen LogP contribution in [0.1, 0.15) is 273 Å². The highest BCUT2D eigenvalue weighted by Crippen LogP contribution is 2.50. The van der Waals surface area contributed by atoms with Crippen molar-refractivity contribution in [1.82, 2.24) is 0 Å². The molecular weight excluding hydrogens is 1490 g/mol. The van der Waals surface area contributed by atoms with Gasteiger partial charge in [0.1, 0.15) is 53.7 Å². The van der Waals surface area contributed by atoms with Crippen LogP contribution in [0.2, 0.25) is 0 Å². The van der Waals surface area contributed by atoms with Crippen LogP contribution in [0.5, 0.6) is 0 Å². The van der Waals surface area contributed by atoms with Gasteiger partial charge in [-0.05, 0) is 257 Å². The number of carbonyl (C=O) groups excluding carboxylic acids is 12. The molecule has 1 aromatic rings. The largest absolute Gasteiger partial charge is 0.458 e. The highest BCUT2D eigenvalue weighted by Gasteiger charge is 2.59. The Hall–Kier alpha value is -8.98. The predicted molar refractivity (Wildman–Crippen MR) is 442 cm³/mol. The standard InChI is InChI=1S/C25H34O5.C24H32O5.C23H26O5S.C23H30O5/c1-17(2)8-7-9-18(3)14-22-25(16-23(27)30-22)15-20(12-13-21(25)26)29-24(28)19-10-5-4-6-11-19;1-16(2)7-6-8-17(3)13-21-24(15-22(26)29-21)14-19(11-12-20(24)25)28-23(27)18-9-4-5-10-18;1-15(2)6-4-7-16(3)12-20-23(14-21(25)28-20)13-17(9-10-19(23)24)27-22(26)18-8-5-11-29-18;1-15(2)6-4-7-16(3)12-20-23(14-21(25)28-20)13-18(10-11-19(23)24)27-22(26)17-8-5-9-17/h8,12-14,19-20,22H,4-7,9-11,15-16H2,1-3H3;7,11-13,18-19,21H,4-6,8-10,14-15H2,1-3H3;5-6,8-12,17,20H,4,7,13-14H2,1-3H3;6,10-12,17-18,20H,4-5,7-9,13-14H2,1-3H3/b18-14+;17-13+;2*16-12+/t20-,22-,25?;19-,21-,24?;17-,20-,23?;18-,20-,23?/m1111/s1. The van der Waals surface area contributed by atoms with E-state index in [0.717, 1.165) is 144 Å². The van der Waals surface area contributed by atoms with Gasteiger partial charge in [0.15, 0.2) is 23.1 Å². The number of hydrogen-bond donors (Lipinski definition) is 0. The molecule has 12 atom stereocenters. The Kier molecular flexibility index (Phi) is 32.9. The van der Waals surface area contributed by atoms with E-state index in [1.54, 1.807) is 41.8 Å². The van der Waals surface area contributed by atoms with Crippen molar-refractivity contribution in [3.8, 4) is 0 Å². The number of ether oxygens (including phenoxy) is 8. The normalized spacial score (nSPS) is 29.1. The third-order valence-electron chi connectivity index (χ3n) is 24.1. The summed E-state index contributed by atoms with van der Waals surface area (Å²) in [5.74, 6) is -3.07. The molecule has 116 heavy (non-hydrogen) atoms. The number of hydrogen-bond acceptors (Lipinski definition) is 21. The highest BCUT2D eigenvalue weighted by molar-refractivity contribution is 7.12. The van der Waals surface area contributed by atoms with Gasteiger partial charge in [0.25, 0.3) is 0 Å². The zero-order valence-electron chi connectivity index (χ0n) is 70.2. The van der Waals surface area contributed by atoms with Gasteiger partial charge in [-0.15, -0.1) is 11.3 Å². The van der Waals surface area contributed by atoms with Crippen molar-refractivity contribution in [2.45, 2.75) is 312 Å². The van der Waals surface area contributed by atoms with Crippen molar-refractivity contribution in [3.05, 3.63) is 164 Å². The van der Waals surface area contributed by atoms with Crippen LogP contribution in [0.3, 0.4) is 0 Å². The van der Waals surface area contributed by atoms with Gasteiger partial charge in [0.2, 0.25) is 0 Å². The van der Waals surface area contributed by atoms with Crippen LogP contribution in [-0.2, 0) is 90.6 Å². The molecule has 4 aliphatic heterocycles. The van der Waals surface area contributed by atoms with E-state index in [1.165, 1.54) is 64.4 Å². The second-order valence-electron chi connectivity index (χ2n) is 34.8. The van der Waals surface area contributed by atoms with Gasteiger partial charge in [-0.25, -0.2) is 4.79 Å². The maximum atomic E-state index is 12.9. The zero-order chi connectivity index (χ0) is 84.1. The Balaban J connectivity index is 0.000000177. The lowest BCUT2D eigenvalue weighted by atomic mass is 9.69. The van der Waals surface area contributed by atoms with E-state index in [4.69, 9.17) is 37.9 Å². The summed E-state index contributed by atoms with van der Waals surface area (Å²) in [4.78, 5) is 150. The molecule has 4 spiro atoms. The number of allylic oxidation sites excluding steroid dienone is 16. The lowest BCUT2D eigenvalue weighted by Gasteiger charge is -2.35. The van der Waals surface area contributed by atoms with Crippen LogP contribution < -0.4 is 0 Å². The molecule has 4 unspecified atom stereocenters. The lowest BCUT2D eigenvalue weighted by molar-refractivity contribution is -0.158. The Morgan fingerprint density at radius 2 is 0.629 bits per heavy atom. The fourth-order valence-electron chi connectivity index (χ4n) is 17.1. The van der Waals surface area contributed by atoms with E-state index in [9.17, 15) is 57.5 Å². The van der Waals surface area contributed by atoms with E-state index < -0.39 is 82.4 Å². The van der Waals surface area contributed by atoms with Gasteiger partial charge in [-0.2, -0.15) is 0 Å². The minimum Gasteiger partial charge on any atom is -0.458 e. The average molecular weight is 1620 g/mol. The summed E-state index contributed by atoms with van der Waals surface area (Å²) in [6.45, 7) is 24.5. The first-order valence-electron chi connectivity index (χ1n) is 42.0. The SMILES string of the molecule is CC(C)=CCC/C(C)=C/[C@H]1OC(=O)CC12C[C@H](OC(=O)C1CCC1)C=CC2=O.CC(C)=CCC/C(C)=C/[C@H]1OC(=O)CC12C[C@H](OC(=O)C1CCCC1)C=CC2=O.CC(C)=CCC/C(C)=C/[C@H]1OC(=O)CC12C[C@H](OC(=O)C1CCCCC1)C=CC2=O.CC(C)=CCC/C(C)=C/[C@H]1OC(=O)CC12C[C@H](OC(=O)c1cccs1)C=CC2=O. The minimum atomic E-state index is -1.01. The topological polar surface area (TPSA) is 279 Å². The van der Waals surface area contributed by atoms with Crippen LogP contribution in [0.25, 0.3) is 0 Å². The van der Waals surface area contributed by atoms with Crippen LogP contribution in [0.4, 0.5) is 0 Å². The molecule has 4 saturated heterocycles. The Morgan fingerprint density at radius 1 is 0.371 bits per heavy atom. The Morgan fingerprint density at radius 3 is 0.871 bits per heavy atom. The Bertz CT molecular complexity index is 4180. The second kappa shape index (κ2) is 41.9. The molecule has 7 fully saturated rings. The first-order chi connectivity index (χ1) is 55.2.